The fourth-order valence-electron chi connectivity index (χ4n) is 3.06. The van der Waals surface area contributed by atoms with Crippen LogP contribution < -0.4 is 11.1 Å². The van der Waals surface area contributed by atoms with Crippen molar-refractivity contribution in [3.63, 3.8) is 0 Å². The molecule has 0 aliphatic heterocycles. The van der Waals surface area contributed by atoms with Gasteiger partial charge in [-0.25, -0.2) is 0 Å². The molecule has 1 aliphatic rings. The lowest BCUT2D eigenvalue weighted by Gasteiger charge is -2.31. The molecular formula is C15H27ClN4O. The molecule has 1 heterocycles. The Morgan fingerprint density at radius 3 is 2.71 bits per heavy atom. The monoisotopic (exact) mass is 314 g/mol. The highest BCUT2D eigenvalue weighted by atomic mass is 35.5. The molecule has 2 rings (SSSR count). The second-order valence-corrected chi connectivity index (χ2v) is 6.09. The Labute approximate surface area is 133 Å². The van der Waals surface area contributed by atoms with Gasteiger partial charge in [0.2, 0.25) is 0 Å². The molecule has 2 unspecified atom stereocenters. The summed E-state index contributed by atoms with van der Waals surface area (Å²) in [5, 5.41) is 7.44. The fourth-order valence-corrected chi connectivity index (χ4v) is 3.06. The summed E-state index contributed by atoms with van der Waals surface area (Å²) in [7, 11) is 1.88. The summed E-state index contributed by atoms with van der Waals surface area (Å²) in [6.45, 7) is 4.85. The van der Waals surface area contributed by atoms with Crippen LogP contribution in [0.3, 0.4) is 0 Å². The van der Waals surface area contributed by atoms with E-state index in [4.69, 9.17) is 5.73 Å². The number of nitrogens with two attached hydrogens (primary N) is 1. The summed E-state index contributed by atoms with van der Waals surface area (Å²) in [5.74, 6) is 0.694. The molecule has 6 heteroatoms. The summed E-state index contributed by atoms with van der Waals surface area (Å²) < 4.78 is 1.79. The molecule has 2 atom stereocenters. The van der Waals surface area contributed by atoms with Crippen LogP contribution in [0, 0.1) is 5.92 Å². The summed E-state index contributed by atoms with van der Waals surface area (Å²) >= 11 is 0. The first kappa shape index (κ1) is 18.0. The molecule has 1 fully saturated rings. The van der Waals surface area contributed by atoms with Gasteiger partial charge in [-0.2, -0.15) is 5.10 Å². The van der Waals surface area contributed by atoms with Crippen LogP contribution in [-0.4, -0.2) is 28.3 Å². The van der Waals surface area contributed by atoms with E-state index in [1.807, 2.05) is 13.1 Å². The normalized spacial score (nSPS) is 22.0. The van der Waals surface area contributed by atoms with Crippen LogP contribution in [0.15, 0.2) is 6.07 Å². The summed E-state index contributed by atoms with van der Waals surface area (Å²) in [5.41, 5.74) is 7.39. The van der Waals surface area contributed by atoms with E-state index in [0.717, 1.165) is 18.5 Å². The molecule has 120 valence electrons. The van der Waals surface area contributed by atoms with Crippen molar-refractivity contribution in [1.82, 2.24) is 15.1 Å². The number of rotatable bonds is 4. The first-order valence-corrected chi connectivity index (χ1v) is 7.57. The van der Waals surface area contributed by atoms with Crippen LogP contribution in [-0.2, 0) is 7.05 Å². The van der Waals surface area contributed by atoms with Gasteiger partial charge in [-0.3, -0.25) is 9.48 Å². The van der Waals surface area contributed by atoms with Crippen molar-refractivity contribution < 1.29 is 4.79 Å². The molecule has 1 amide bonds. The quantitative estimate of drug-likeness (QED) is 0.895. The molecule has 0 bridgehead atoms. The predicted octanol–water partition coefficient (Wildman–Crippen LogP) is 2.21. The van der Waals surface area contributed by atoms with E-state index >= 15 is 0 Å². The SMILES string of the molecule is CC(C)c1cc(C(=O)NC2CCCCC2CN)nn1C.Cl. The molecule has 0 radical (unpaired) electrons. The summed E-state index contributed by atoms with van der Waals surface area (Å²) in [6.07, 6.45) is 4.52. The van der Waals surface area contributed by atoms with Gasteiger partial charge in [0.1, 0.15) is 5.69 Å². The maximum absolute atomic E-state index is 12.3. The smallest absolute Gasteiger partial charge is 0.272 e. The fraction of sp³-hybridized carbons (Fsp3) is 0.733. The Balaban J connectivity index is 0.00000220. The Bertz CT molecular complexity index is 472. The topological polar surface area (TPSA) is 72.9 Å². The molecule has 0 saturated heterocycles. The molecule has 3 N–H and O–H groups in total. The summed E-state index contributed by atoms with van der Waals surface area (Å²) in [6, 6.07) is 2.09. The standard InChI is InChI=1S/C15H26N4O.ClH/c1-10(2)14-8-13(18-19(14)3)15(20)17-12-7-5-4-6-11(12)9-16;/h8,10-12H,4-7,9,16H2,1-3H3,(H,17,20);1H. The Hall–Kier alpha value is -1.07. The third-order valence-electron chi connectivity index (χ3n) is 4.27. The van der Waals surface area contributed by atoms with Gasteiger partial charge < -0.3 is 11.1 Å². The number of nitrogens with zero attached hydrogens (tertiary/aromatic N) is 2. The van der Waals surface area contributed by atoms with Crippen molar-refractivity contribution in [3.05, 3.63) is 17.5 Å². The van der Waals surface area contributed by atoms with E-state index in [0.29, 0.717) is 24.1 Å². The summed E-state index contributed by atoms with van der Waals surface area (Å²) in [4.78, 5) is 12.3. The number of aryl methyl sites for hydroxylation is 1. The van der Waals surface area contributed by atoms with E-state index in [-0.39, 0.29) is 24.4 Å². The predicted molar refractivity (Wildman–Crippen MR) is 86.8 cm³/mol. The molecule has 1 aromatic heterocycles. The largest absolute Gasteiger partial charge is 0.348 e. The lowest BCUT2D eigenvalue weighted by atomic mass is 9.84. The van der Waals surface area contributed by atoms with Crippen molar-refractivity contribution in [2.45, 2.75) is 51.5 Å². The van der Waals surface area contributed by atoms with E-state index in [2.05, 4.69) is 24.3 Å². The minimum absolute atomic E-state index is 0. The second-order valence-electron chi connectivity index (χ2n) is 6.09. The van der Waals surface area contributed by atoms with E-state index in [9.17, 15) is 4.79 Å². The third kappa shape index (κ3) is 4.20. The average Bonchev–Trinajstić information content (AvgIpc) is 2.81. The van der Waals surface area contributed by atoms with Crippen LogP contribution in [0.5, 0.6) is 0 Å². The van der Waals surface area contributed by atoms with E-state index in [1.165, 1.54) is 12.8 Å². The lowest BCUT2D eigenvalue weighted by Crippen LogP contribution is -2.44. The zero-order chi connectivity index (χ0) is 14.7. The van der Waals surface area contributed by atoms with Gasteiger partial charge in [-0.1, -0.05) is 26.7 Å². The molecular weight excluding hydrogens is 288 g/mol. The second kappa shape index (κ2) is 7.80. The number of carbonyl (C=O) groups excluding carboxylic acids is 1. The zero-order valence-electron chi connectivity index (χ0n) is 13.1. The highest BCUT2D eigenvalue weighted by Gasteiger charge is 2.26. The highest BCUT2D eigenvalue weighted by Crippen LogP contribution is 2.24. The van der Waals surface area contributed by atoms with Crippen molar-refractivity contribution in [3.8, 4) is 0 Å². The van der Waals surface area contributed by atoms with E-state index in [1.54, 1.807) is 4.68 Å². The van der Waals surface area contributed by atoms with Crippen molar-refractivity contribution in [2.75, 3.05) is 6.54 Å². The van der Waals surface area contributed by atoms with Crippen molar-refractivity contribution in [1.29, 1.82) is 0 Å². The number of nitrogens with one attached hydrogen (secondary N) is 1. The van der Waals surface area contributed by atoms with Crippen molar-refractivity contribution in [2.24, 2.45) is 18.7 Å². The van der Waals surface area contributed by atoms with Crippen LogP contribution >= 0.6 is 12.4 Å². The van der Waals surface area contributed by atoms with Crippen LogP contribution in [0.25, 0.3) is 0 Å². The number of halogens is 1. The maximum Gasteiger partial charge on any atom is 0.272 e. The first-order chi connectivity index (χ1) is 9.52. The van der Waals surface area contributed by atoms with Gasteiger partial charge >= 0.3 is 0 Å². The van der Waals surface area contributed by atoms with Gasteiger partial charge in [0.15, 0.2) is 0 Å². The van der Waals surface area contributed by atoms with Crippen LogP contribution in [0.1, 0.15) is 61.6 Å². The zero-order valence-corrected chi connectivity index (χ0v) is 13.9. The van der Waals surface area contributed by atoms with Gasteiger partial charge in [0.25, 0.3) is 5.91 Å². The molecule has 0 spiro atoms. The highest BCUT2D eigenvalue weighted by molar-refractivity contribution is 5.92. The maximum atomic E-state index is 12.3. The van der Waals surface area contributed by atoms with Crippen molar-refractivity contribution >= 4 is 18.3 Å². The van der Waals surface area contributed by atoms with E-state index < -0.39 is 0 Å². The Morgan fingerprint density at radius 2 is 2.14 bits per heavy atom. The number of amides is 1. The molecule has 1 aromatic rings. The number of hydrogen-bond acceptors (Lipinski definition) is 3. The third-order valence-corrected chi connectivity index (χ3v) is 4.27. The first-order valence-electron chi connectivity index (χ1n) is 7.57. The van der Waals surface area contributed by atoms with Gasteiger partial charge in [0.05, 0.1) is 0 Å². The average molecular weight is 315 g/mol. The molecule has 5 nitrogen and oxygen atoms in total. The number of aromatic nitrogens is 2. The number of hydrogen-bond donors (Lipinski definition) is 2. The lowest BCUT2D eigenvalue weighted by molar-refractivity contribution is 0.0902. The van der Waals surface area contributed by atoms with Crippen LogP contribution in [0.4, 0.5) is 0 Å². The van der Waals surface area contributed by atoms with Crippen LogP contribution in [0.2, 0.25) is 0 Å². The molecule has 21 heavy (non-hydrogen) atoms. The minimum atomic E-state index is -0.0714. The van der Waals surface area contributed by atoms with Gasteiger partial charge in [-0.15, -0.1) is 12.4 Å². The molecule has 1 saturated carbocycles. The Morgan fingerprint density at radius 1 is 1.48 bits per heavy atom. The number of carbonyl (C=O) groups is 1. The minimum Gasteiger partial charge on any atom is -0.348 e. The van der Waals surface area contributed by atoms with Gasteiger partial charge in [-0.05, 0) is 37.3 Å². The molecule has 0 aromatic carbocycles. The molecule has 1 aliphatic carbocycles. The van der Waals surface area contributed by atoms with Gasteiger partial charge in [0, 0.05) is 18.8 Å². The Kier molecular flexibility index (Phi) is 6.68.